The molecule has 2 rings (SSSR count). The number of pyridine rings is 1. The van der Waals surface area contributed by atoms with Gasteiger partial charge in [0.25, 0.3) is 0 Å². The summed E-state index contributed by atoms with van der Waals surface area (Å²) in [7, 11) is 0. The molecule has 0 amide bonds. The minimum absolute atomic E-state index is 0.699. The maximum Gasteiger partial charge on any atom is 0.0573 e. The first-order valence-electron chi connectivity index (χ1n) is 6.66. The van der Waals surface area contributed by atoms with Gasteiger partial charge < -0.3 is 5.32 Å². The Morgan fingerprint density at radius 3 is 3.12 bits per heavy atom. The van der Waals surface area contributed by atoms with Crippen LogP contribution in [0, 0.1) is 6.92 Å². The minimum atomic E-state index is 0.699. The van der Waals surface area contributed by atoms with E-state index in [0.29, 0.717) is 6.04 Å². The number of aryl methyl sites for hydroxylation is 1. The molecule has 1 aliphatic heterocycles. The first kappa shape index (κ1) is 12.5. The molecule has 1 aromatic rings. The zero-order chi connectivity index (χ0) is 12.1. The van der Waals surface area contributed by atoms with Crippen molar-refractivity contribution in [3.05, 3.63) is 29.6 Å². The van der Waals surface area contributed by atoms with E-state index in [4.69, 9.17) is 0 Å². The molecule has 1 atom stereocenters. The Labute approximate surface area is 104 Å². The van der Waals surface area contributed by atoms with E-state index in [-0.39, 0.29) is 0 Å². The largest absolute Gasteiger partial charge is 0.313 e. The molecule has 0 aromatic carbocycles. The smallest absolute Gasteiger partial charge is 0.0573 e. The summed E-state index contributed by atoms with van der Waals surface area (Å²) in [6.07, 6.45) is 4.38. The van der Waals surface area contributed by atoms with E-state index >= 15 is 0 Å². The monoisotopic (exact) mass is 233 g/mol. The molecule has 1 N–H and O–H groups in total. The average Bonchev–Trinajstić information content (AvgIpc) is 2.57. The van der Waals surface area contributed by atoms with Gasteiger partial charge in [0.1, 0.15) is 0 Å². The topological polar surface area (TPSA) is 28.2 Å². The summed E-state index contributed by atoms with van der Waals surface area (Å²) in [5, 5.41) is 3.60. The SMILES string of the molecule is CCC1CCN(Cc2ncccc2C)CCN1. The third-order valence-electron chi connectivity index (χ3n) is 3.64. The molecule has 0 spiro atoms. The fraction of sp³-hybridized carbons (Fsp3) is 0.643. The molecule has 17 heavy (non-hydrogen) atoms. The summed E-state index contributed by atoms with van der Waals surface area (Å²) in [5.74, 6) is 0. The van der Waals surface area contributed by atoms with E-state index in [1.165, 1.54) is 30.6 Å². The normalized spacial score (nSPS) is 22.4. The Kier molecular flexibility index (Phi) is 4.51. The number of rotatable bonds is 3. The van der Waals surface area contributed by atoms with Crippen molar-refractivity contribution in [1.82, 2.24) is 15.2 Å². The van der Waals surface area contributed by atoms with Crippen molar-refractivity contribution in [2.45, 2.75) is 39.3 Å². The average molecular weight is 233 g/mol. The van der Waals surface area contributed by atoms with Gasteiger partial charge in [0.15, 0.2) is 0 Å². The lowest BCUT2D eigenvalue weighted by molar-refractivity contribution is 0.278. The molecular weight excluding hydrogens is 210 g/mol. The molecule has 3 nitrogen and oxygen atoms in total. The van der Waals surface area contributed by atoms with Gasteiger partial charge in [-0.1, -0.05) is 13.0 Å². The van der Waals surface area contributed by atoms with Gasteiger partial charge in [0.05, 0.1) is 5.69 Å². The van der Waals surface area contributed by atoms with Gasteiger partial charge >= 0.3 is 0 Å². The van der Waals surface area contributed by atoms with E-state index in [2.05, 4.69) is 35.1 Å². The molecule has 1 fully saturated rings. The van der Waals surface area contributed by atoms with Crippen LogP contribution in [-0.2, 0) is 6.54 Å². The van der Waals surface area contributed by atoms with Gasteiger partial charge in [0, 0.05) is 38.4 Å². The molecule has 2 heterocycles. The predicted octanol–water partition coefficient (Wildman–Crippen LogP) is 1.96. The highest BCUT2D eigenvalue weighted by atomic mass is 15.2. The highest BCUT2D eigenvalue weighted by molar-refractivity contribution is 5.17. The Balaban J connectivity index is 1.93. The van der Waals surface area contributed by atoms with Gasteiger partial charge in [-0.2, -0.15) is 0 Å². The zero-order valence-corrected chi connectivity index (χ0v) is 10.9. The van der Waals surface area contributed by atoms with Crippen LogP contribution >= 0.6 is 0 Å². The lowest BCUT2D eigenvalue weighted by Gasteiger charge is -2.19. The molecule has 0 radical (unpaired) electrons. The van der Waals surface area contributed by atoms with Crippen LogP contribution in [0.2, 0.25) is 0 Å². The second-order valence-electron chi connectivity index (χ2n) is 4.89. The molecule has 0 aliphatic carbocycles. The summed E-state index contributed by atoms with van der Waals surface area (Å²) in [6, 6.07) is 4.85. The van der Waals surface area contributed by atoms with Crippen molar-refractivity contribution in [2.24, 2.45) is 0 Å². The van der Waals surface area contributed by atoms with Crippen LogP contribution < -0.4 is 5.32 Å². The Morgan fingerprint density at radius 1 is 1.47 bits per heavy atom. The van der Waals surface area contributed by atoms with Crippen molar-refractivity contribution in [2.75, 3.05) is 19.6 Å². The highest BCUT2D eigenvalue weighted by Gasteiger charge is 2.15. The van der Waals surface area contributed by atoms with Crippen LogP contribution in [-0.4, -0.2) is 35.6 Å². The van der Waals surface area contributed by atoms with Crippen molar-refractivity contribution in [1.29, 1.82) is 0 Å². The number of hydrogen-bond acceptors (Lipinski definition) is 3. The fourth-order valence-electron chi connectivity index (χ4n) is 2.38. The van der Waals surface area contributed by atoms with E-state index in [1.54, 1.807) is 0 Å². The third kappa shape index (κ3) is 3.51. The lowest BCUT2D eigenvalue weighted by atomic mass is 10.1. The summed E-state index contributed by atoms with van der Waals surface area (Å²) in [5.41, 5.74) is 2.53. The van der Waals surface area contributed by atoms with Crippen molar-refractivity contribution >= 4 is 0 Å². The van der Waals surface area contributed by atoms with Gasteiger partial charge in [-0.3, -0.25) is 9.88 Å². The van der Waals surface area contributed by atoms with Crippen LogP contribution in [0.4, 0.5) is 0 Å². The maximum absolute atomic E-state index is 4.48. The summed E-state index contributed by atoms with van der Waals surface area (Å²) < 4.78 is 0. The second kappa shape index (κ2) is 6.12. The number of aromatic nitrogens is 1. The van der Waals surface area contributed by atoms with Crippen LogP contribution in [0.15, 0.2) is 18.3 Å². The molecule has 1 saturated heterocycles. The number of hydrogen-bond donors (Lipinski definition) is 1. The van der Waals surface area contributed by atoms with Gasteiger partial charge in [-0.05, 0) is 31.4 Å². The zero-order valence-electron chi connectivity index (χ0n) is 10.9. The quantitative estimate of drug-likeness (QED) is 0.865. The van der Waals surface area contributed by atoms with Crippen molar-refractivity contribution < 1.29 is 0 Å². The standard InChI is InChI=1S/C14H23N3/c1-3-13-6-9-17(10-8-15-13)11-14-12(2)5-4-7-16-14/h4-5,7,13,15H,3,6,8-11H2,1-2H3. The Bertz CT molecular complexity index is 351. The summed E-state index contributed by atoms with van der Waals surface area (Å²) in [4.78, 5) is 6.99. The third-order valence-corrected chi connectivity index (χ3v) is 3.64. The molecule has 1 unspecified atom stereocenters. The number of nitrogens with zero attached hydrogens (tertiary/aromatic N) is 2. The molecule has 1 aromatic heterocycles. The van der Waals surface area contributed by atoms with Crippen LogP contribution in [0.3, 0.4) is 0 Å². The molecule has 3 heteroatoms. The minimum Gasteiger partial charge on any atom is -0.313 e. The fourth-order valence-corrected chi connectivity index (χ4v) is 2.38. The molecule has 94 valence electrons. The first-order chi connectivity index (χ1) is 8.29. The van der Waals surface area contributed by atoms with Gasteiger partial charge in [0.2, 0.25) is 0 Å². The van der Waals surface area contributed by atoms with Crippen LogP contribution in [0.25, 0.3) is 0 Å². The van der Waals surface area contributed by atoms with Gasteiger partial charge in [-0.25, -0.2) is 0 Å². The van der Waals surface area contributed by atoms with Crippen LogP contribution in [0.5, 0.6) is 0 Å². The second-order valence-corrected chi connectivity index (χ2v) is 4.89. The lowest BCUT2D eigenvalue weighted by Crippen LogP contribution is -2.30. The van der Waals surface area contributed by atoms with Crippen molar-refractivity contribution in [3.8, 4) is 0 Å². The maximum atomic E-state index is 4.48. The van der Waals surface area contributed by atoms with Gasteiger partial charge in [-0.15, -0.1) is 0 Å². The number of nitrogens with one attached hydrogen (secondary N) is 1. The van der Waals surface area contributed by atoms with E-state index < -0.39 is 0 Å². The van der Waals surface area contributed by atoms with E-state index in [1.807, 2.05) is 12.3 Å². The van der Waals surface area contributed by atoms with E-state index in [0.717, 1.165) is 19.6 Å². The first-order valence-corrected chi connectivity index (χ1v) is 6.66. The Hall–Kier alpha value is -0.930. The van der Waals surface area contributed by atoms with Crippen LogP contribution in [0.1, 0.15) is 31.0 Å². The molecular formula is C14H23N3. The molecule has 0 saturated carbocycles. The van der Waals surface area contributed by atoms with Crippen molar-refractivity contribution in [3.63, 3.8) is 0 Å². The Morgan fingerprint density at radius 2 is 2.35 bits per heavy atom. The highest BCUT2D eigenvalue weighted by Crippen LogP contribution is 2.10. The molecule has 0 bridgehead atoms. The molecule has 1 aliphatic rings. The van der Waals surface area contributed by atoms with E-state index in [9.17, 15) is 0 Å². The summed E-state index contributed by atoms with van der Waals surface area (Å²) >= 11 is 0. The predicted molar refractivity (Wildman–Crippen MR) is 70.9 cm³/mol. The summed E-state index contributed by atoms with van der Waals surface area (Å²) in [6.45, 7) is 8.81.